The lowest BCUT2D eigenvalue weighted by atomic mass is 9.88. The van der Waals surface area contributed by atoms with Gasteiger partial charge in [-0.05, 0) is 6.42 Å². The molecule has 3 nitrogen and oxygen atoms in total. The third-order valence-electron chi connectivity index (χ3n) is 3.15. The monoisotopic (exact) mass is 227 g/mol. The van der Waals surface area contributed by atoms with E-state index < -0.39 is 0 Å². The quantitative estimate of drug-likeness (QED) is 0.768. The summed E-state index contributed by atoms with van der Waals surface area (Å²) in [6, 6.07) is 1.43. The van der Waals surface area contributed by atoms with Gasteiger partial charge in [-0.25, -0.2) is 4.98 Å². The second-order valence-electron chi connectivity index (χ2n) is 4.07. The van der Waals surface area contributed by atoms with E-state index >= 15 is 0 Å². The van der Waals surface area contributed by atoms with E-state index in [1.807, 2.05) is 5.51 Å². The van der Waals surface area contributed by atoms with Crippen LogP contribution in [-0.4, -0.2) is 39.4 Å². The van der Waals surface area contributed by atoms with E-state index in [0.29, 0.717) is 12.1 Å². The molecule has 3 aliphatic heterocycles. The number of fused-ring (bicyclic) bond motifs is 2. The first-order valence-electron chi connectivity index (χ1n) is 4.89. The smallest absolute Gasteiger partial charge is 0.0795 e. The molecule has 0 saturated carbocycles. The Labute approximate surface area is 93.3 Å². The van der Waals surface area contributed by atoms with Crippen LogP contribution < -0.4 is 0 Å². The molecule has 3 fully saturated rings. The van der Waals surface area contributed by atoms with E-state index in [-0.39, 0.29) is 0 Å². The highest BCUT2D eigenvalue weighted by Crippen LogP contribution is 2.33. The molecule has 2 unspecified atom stereocenters. The summed E-state index contributed by atoms with van der Waals surface area (Å²) in [6.45, 7) is 3.23. The minimum Gasteiger partial charge on any atom is -0.289 e. The van der Waals surface area contributed by atoms with Crippen molar-refractivity contribution >= 4 is 24.2 Å². The van der Waals surface area contributed by atoms with Gasteiger partial charge in [-0.2, -0.15) is 0 Å². The van der Waals surface area contributed by atoms with Crippen LogP contribution in [-0.2, 0) is 6.54 Å². The van der Waals surface area contributed by atoms with Gasteiger partial charge in [0.05, 0.1) is 11.2 Å². The zero-order valence-electron chi connectivity index (χ0n) is 7.83. The SMILES string of the molecule is SN1CC2CC(C1)N2Cc1cscn1. The molecule has 4 heterocycles. The molecule has 14 heavy (non-hydrogen) atoms. The highest BCUT2D eigenvalue weighted by molar-refractivity contribution is 7.77. The van der Waals surface area contributed by atoms with E-state index in [1.54, 1.807) is 11.3 Å². The summed E-state index contributed by atoms with van der Waals surface area (Å²) in [5.74, 6) is 0. The van der Waals surface area contributed by atoms with Crippen molar-refractivity contribution in [2.24, 2.45) is 0 Å². The topological polar surface area (TPSA) is 19.4 Å². The summed E-state index contributed by atoms with van der Waals surface area (Å²) in [5, 5.41) is 2.15. The van der Waals surface area contributed by atoms with Gasteiger partial charge in [-0.15, -0.1) is 11.3 Å². The molecule has 76 valence electrons. The fraction of sp³-hybridized carbons (Fsp3) is 0.667. The number of hydrogen-bond donors (Lipinski definition) is 1. The van der Waals surface area contributed by atoms with Crippen LogP contribution in [0.3, 0.4) is 0 Å². The Bertz CT molecular complexity index is 302. The molecule has 3 saturated heterocycles. The molecule has 0 spiro atoms. The molecule has 0 amide bonds. The number of thiazole rings is 1. The minimum atomic E-state index is 0.716. The molecular formula is C9H13N3S2. The lowest BCUT2D eigenvalue weighted by Crippen LogP contribution is -2.66. The van der Waals surface area contributed by atoms with Crippen molar-refractivity contribution < 1.29 is 0 Å². The first-order valence-corrected chi connectivity index (χ1v) is 6.24. The van der Waals surface area contributed by atoms with Crippen LogP contribution in [0.2, 0.25) is 0 Å². The number of nitrogens with zero attached hydrogens (tertiary/aromatic N) is 3. The second-order valence-corrected chi connectivity index (χ2v) is 5.35. The lowest BCUT2D eigenvalue weighted by molar-refractivity contribution is -0.0471. The zero-order chi connectivity index (χ0) is 9.54. The van der Waals surface area contributed by atoms with Gasteiger partial charge in [-0.1, -0.05) is 12.8 Å². The number of thiol groups is 1. The Kier molecular flexibility index (Phi) is 2.28. The summed E-state index contributed by atoms with van der Waals surface area (Å²) >= 11 is 6.08. The Morgan fingerprint density at radius 3 is 2.93 bits per heavy atom. The summed E-state index contributed by atoms with van der Waals surface area (Å²) in [5.41, 5.74) is 3.13. The van der Waals surface area contributed by atoms with Gasteiger partial charge >= 0.3 is 0 Å². The highest BCUT2D eigenvalue weighted by atomic mass is 32.1. The van der Waals surface area contributed by atoms with Gasteiger partial charge in [0, 0.05) is 37.1 Å². The largest absolute Gasteiger partial charge is 0.289 e. The van der Waals surface area contributed by atoms with Crippen molar-refractivity contribution in [1.29, 1.82) is 0 Å². The van der Waals surface area contributed by atoms with Crippen molar-refractivity contribution in [3.63, 3.8) is 0 Å². The van der Waals surface area contributed by atoms with Gasteiger partial charge in [0.1, 0.15) is 0 Å². The van der Waals surface area contributed by atoms with Crippen molar-refractivity contribution in [3.8, 4) is 0 Å². The Hall–Kier alpha value is -0.100. The van der Waals surface area contributed by atoms with Gasteiger partial charge in [0.15, 0.2) is 0 Å². The maximum atomic E-state index is 4.40. The van der Waals surface area contributed by atoms with Crippen LogP contribution in [0.5, 0.6) is 0 Å². The predicted octanol–water partition coefficient (Wildman–Crippen LogP) is 1.25. The molecular weight excluding hydrogens is 214 g/mol. The maximum Gasteiger partial charge on any atom is 0.0795 e. The molecule has 0 radical (unpaired) electrons. The molecule has 1 aromatic rings. The number of aromatic nitrogens is 1. The minimum absolute atomic E-state index is 0.716. The van der Waals surface area contributed by atoms with Crippen molar-refractivity contribution in [1.82, 2.24) is 14.2 Å². The van der Waals surface area contributed by atoms with Crippen molar-refractivity contribution in [3.05, 3.63) is 16.6 Å². The summed E-state index contributed by atoms with van der Waals surface area (Å²) in [7, 11) is 0. The van der Waals surface area contributed by atoms with E-state index in [9.17, 15) is 0 Å². The average molecular weight is 227 g/mol. The first-order chi connectivity index (χ1) is 6.83. The standard InChI is InChI=1S/C9H13N3S2/c13-11-3-8-1-9(4-11)12(8)2-7-5-14-6-10-7/h5-6,8-9,13H,1-4H2. The van der Waals surface area contributed by atoms with E-state index in [4.69, 9.17) is 0 Å². The predicted molar refractivity (Wildman–Crippen MR) is 60.4 cm³/mol. The zero-order valence-corrected chi connectivity index (χ0v) is 9.55. The highest BCUT2D eigenvalue weighted by Gasteiger charge is 2.43. The molecule has 1 aromatic heterocycles. The van der Waals surface area contributed by atoms with Gasteiger partial charge < -0.3 is 0 Å². The molecule has 5 heteroatoms. The molecule has 0 N–H and O–H groups in total. The normalized spacial score (nSPS) is 32.9. The van der Waals surface area contributed by atoms with Gasteiger partial charge in [0.25, 0.3) is 0 Å². The van der Waals surface area contributed by atoms with E-state index in [0.717, 1.165) is 19.6 Å². The second kappa shape index (κ2) is 3.48. The number of piperazine rings is 1. The summed E-state index contributed by atoms with van der Waals surface area (Å²) in [4.78, 5) is 6.89. The Morgan fingerprint density at radius 2 is 2.29 bits per heavy atom. The van der Waals surface area contributed by atoms with E-state index in [2.05, 4.69) is 32.4 Å². The Morgan fingerprint density at radius 1 is 1.50 bits per heavy atom. The Balaban J connectivity index is 1.66. The first kappa shape index (κ1) is 9.15. The third-order valence-corrected chi connectivity index (χ3v) is 4.12. The van der Waals surface area contributed by atoms with Crippen LogP contribution in [0.4, 0.5) is 0 Å². The van der Waals surface area contributed by atoms with Crippen molar-refractivity contribution in [2.45, 2.75) is 25.0 Å². The number of piperidine rings is 1. The average Bonchev–Trinajstić information content (AvgIpc) is 2.66. The lowest BCUT2D eigenvalue weighted by Gasteiger charge is -2.55. The van der Waals surface area contributed by atoms with Crippen LogP contribution in [0.25, 0.3) is 0 Å². The molecule has 0 aromatic carbocycles. The number of rotatable bonds is 2. The van der Waals surface area contributed by atoms with Crippen LogP contribution in [0.1, 0.15) is 12.1 Å². The molecule has 2 bridgehead atoms. The maximum absolute atomic E-state index is 4.40. The van der Waals surface area contributed by atoms with Crippen molar-refractivity contribution in [2.75, 3.05) is 13.1 Å². The number of hydrogen-bond acceptors (Lipinski definition) is 5. The molecule has 3 aliphatic rings. The fourth-order valence-corrected chi connectivity index (χ4v) is 3.35. The molecule has 2 atom stereocenters. The van der Waals surface area contributed by atoms with Crippen LogP contribution in [0.15, 0.2) is 10.9 Å². The van der Waals surface area contributed by atoms with Crippen LogP contribution in [0, 0.1) is 0 Å². The van der Waals surface area contributed by atoms with E-state index in [1.165, 1.54) is 12.1 Å². The van der Waals surface area contributed by atoms with Gasteiger partial charge in [-0.3, -0.25) is 9.21 Å². The summed E-state index contributed by atoms with van der Waals surface area (Å²) in [6.07, 6.45) is 1.35. The molecule has 0 aliphatic carbocycles. The molecule has 4 rings (SSSR count). The fourth-order valence-electron chi connectivity index (χ4n) is 2.43. The summed E-state index contributed by atoms with van der Waals surface area (Å²) < 4.78 is 2.14. The van der Waals surface area contributed by atoms with Gasteiger partial charge in [0.2, 0.25) is 0 Å². The van der Waals surface area contributed by atoms with Crippen LogP contribution >= 0.6 is 24.2 Å². The third kappa shape index (κ3) is 1.48.